The minimum atomic E-state index is 0.643. The Morgan fingerprint density at radius 2 is 2.00 bits per heavy atom. The van der Waals surface area contributed by atoms with Crippen molar-refractivity contribution in [2.45, 2.75) is 20.3 Å². The molecule has 0 amide bonds. The second kappa shape index (κ2) is 4.49. The van der Waals surface area contributed by atoms with Gasteiger partial charge in [-0.05, 0) is 32.0 Å². The number of aryl methyl sites for hydroxylation is 2. The number of aromatic nitrogens is 2. The van der Waals surface area contributed by atoms with Crippen molar-refractivity contribution in [3.63, 3.8) is 0 Å². The van der Waals surface area contributed by atoms with Crippen molar-refractivity contribution in [2.24, 2.45) is 5.73 Å². The molecule has 0 atom stereocenters. The first-order valence-corrected chi connectivity index (χ1v) is 5.53. The molecule has 0 radical (unpaired) electrons. The Kier molecular flexibility index (Phi) is 3.06. The molecule has 1 heterocycles. The number of benzene rings is 1. The highest BCUT2D eigenvalue weighted by Gasteiger charge is 2.06. The van der Waals surface area contributed by atoms with E-state index in [1.807, 2.05) is 19.1 Å². The van der Waals surface area contributed by atoms with Gasteiger partial charge in [0.05, 0.1) is 5.69 Å². The number of rotatable bonds is 3. The highest BCUT2D eigenvalue weighted by molar-refractivity contribution is 5.41. The standard InChI is InChI=1S/C13H17N3/c1-10-5-3-4-6-13(10)16-9-12(7-8-14)15-11(16)2/h3-6,9H,7-8,14H2,1-2H3. The molecule has 3 heteroatoms. The summed E-state index contributed by atoms with van der Waals surface area (Å²) in [6.07, 6.45) is 2.91. The molecule has 2 N–H and O–H groups in total. The van der Waals surface area contributed by atoms with Crippen LogP contribution in [0.1, 0.15) is 17.1 Å². The van der Waals surface area contributed by atoms with Crippen LogP contribution >= 0.6 is 0 Å². The van der Waals surface area contributed by atoms with Gasteiger partial charge in [0.2, 0.25) is 0 Å². The van der Waals surface area contributed by atoms with E-state index in [9.17, 15) is 0 Å². The molecule has 0 fully saturated rings. The summed E-state index contributed by atoms with van der Waals surface area (Å²) >= 11 is 0. The lowest BCUT2D eigenvalue weighted by molar-refractivity contribution is 0.928. The first-order valence-electron chi connectivity index (χ1n) is 5.53. The maximum absolute atomic E-state index is 5.54. The van der Waals surface area contributed by atoms with E-state index in [4.69, 9.17) is 5.73 Å². The summed E-state index contributed by atoms with van der Waals surface area (Å²) in [5.74, 6) is 1.01. The summed E-state index contributed by atoms with van der Waals surface area (Å²) < 4.78 is 2.13. The lowest BCUT2D eigenvalue weighted by Gasteiger charge is -2.07. The van der Waals surface area contributed by atoms with Gasteiger partial charge in [-0.25, -0.2) is 4.98 Å². The molecule has 0 spiro atoms. The highest BCUT2D eigenvalue weighted by atomic mass is 15.1. The summed E-state index contributed by atoms with van der Waals surface area (Å²) in [4.78, 5) is 4.50. The van der Waals surface area contributed by atoms with Crippen molar-refractivity contribution in [3.8, 4) is 5.69 Å². The number of nitrogens with two attached hydrogens (primary N) is 1. The van der Waals surface area contributed by atoms with E-state index in [1.165, 1.54) is 11.3 Å². The molecule has 2 aromatic rings. The van der Waals surface area contributed by atoms with Crippen LogP contribution in [0.5, 0.6) is 0 Å². The van der Waals surface area contributed by atoms with Crippen LogP contribution in [0.15, 0.2) is 30.5 Å². The Hall–Kier alpha value is -1.61. The molecular formula is C13H17N3. The van der Waals surface area contributed by atoms with Gasteiger partial charge in [0.1, 0.15) is 5.82 Å². The van der Waals surface area contributed by atoms with Crippen LogP contribution in [0.2, 0.25) is 0 Å². The smallest absolute Gasteiger partial charge is 0.110 e. The minimum absolute atomic E-state index is 0.643. The molecule has 0 aliphatic rings. The third-order valence-corrected chi connectivity index (χ3v) is 2.71. The van der Waals surface area contributed by atoms with Crippen molar-refractivity contribution in [1.29, 1.82) is 0 Å². The zero-order valence-electron chi connectivity index (χ0n) is 9.77. The van der Waals surface area contributed by atoms with E-state index in [-0.39, 0.29) is 0 Å². The van der Waals surface area contributed by atoms with E-state index in [0.29, 0.717) is 6.54 Å². The van der Waals surface area contributed by atoms with Gasteiger partial charge in [0, 0.05) is 18.3 Å². The summed E-state index contributed by atoms with van der Waals surface area (Å²) in [7, 11) is 0. The van der Waals surface area contributed by atoms with E-state index < -0.39 is 0 Å². The molecular weight excluding hydrogens is 198 g/mol. The van der Waals surface area contributed by atoms with E-state index in [1.54, 1.807) is 0 Å². The number of imidazole rings is 1. The Morgan fingerprint density at radius 3 is 2.69 bits per heavy atom. The molecule has 16 heavy (non-hydrogen) atoms. The number of hydrogen-bond acceptors (Lipinski definition) is 2. The van der Waals surface area contributed by atoms with Gasteiger partial charge in [-0.15, -0.1) is 0 Å². The largest absolute Gasteiger partial charge is 0.330 e. The fourth-order valence-corrected chi connectivity index (χ4v) is 1.88. The van der Waals surface area contributed by atoms with Crippen LogP contribution in [0.25, 0.3) is 5.69 Å². The maximum atomic E-state index is 5.54. The molecule has 0 saturated carbocycles. The Morgan fingerprint density at radius 1 is 1.25 bits per heavy atom. The van der Waals surface area contributed by atoms with Gasteiger partial charge in [-0.2, -0.15) is 0 Å². The fraction of sp³-hybridized carbons (Fsp3) is 0.308. The van der Waals surface area contributed by atoms with Crippen molar-refractivity contribution in [1.82, 2.24) is 9.55 Å². The van der Waals surface area contributed by atoms with Gasteiger partial charge in [0.25, 0.3) is 0 Å². The van der Waals surface area contributed by atoms with Crippen LogP contribution in [-0.4, -0.2) is 16.1 Å². The van der Waals surface area contributed by atoms with Crippen molar-refractivity contribution in [3.05, 3.63) is 47.5 Å². The van der Waals surface area contributed by atoms with Crippen LogP contribution < -0.4 is 5.73 Å². The van der Waals surface area contributed by atoms with Crippen LogP contribution in [-0.2, 0) is 6.42 Å². The average Bonchev–Trinajstić information content (AvgIpc) is 2.61. The fourth-order valence-electron chi connectivity index (χ4n) is 1.88. The van der Waals surface area contributed by atoms with E-state index in [0.717, 1.165) is 17.9 Å². The van der Waals surface area contributed by atoms with E-state index >= 15 is 0 Å². The third-order valence-electron chi connectivity index (χ3n) is 2.71. The SMILES string of the molecule is Cc1ccccc1-n1cc(CCN)nc1C. The number of para-hydroxylation sites is 1. The zero-order valence-corrected chi connectivity index (χ0v) is 9.77. The molecule has 0 aliphatic heterocycles. The Labute approximate surface area is 95.9 Å². The lowest BCUT2D eigenvalue weighted by Crippen LogP contribution is -2.02. The molecule has 0 bridgehead atoms. The summed E-state index contributed by atoms with van der Waals surface area (Å²) in [5, 5.41) is 0. The summed E-state index contributed by atoms with van der Waals surface area (Å²) in [5.41, 5.74) is 9.04. The molecule has 1 aromatic carbocycles. The van der Waals surface area contributed by atoms with Gasteiger partial charge in [-0.1, -0.05) is 18.2 Å². The maximum Gasteiger partial charge on any atom is 0.110 e. The first-order chi connectivity index (χ1) is 7.72. The quantitative estimate of drug-likeness (QED) is 0.851. The van der Waals surface area contributed by atoms with Gasteiger partial charge < -0.3 is 10.3 Å². The Balaban J connectivity index is 2.44. The number of hydrogen-bond donors (Lipinski definition) is 1. The van der Waals surface area contributed by atoms with Crippen LogP contribution in [0.3, 0.4) is 0 Å². The average molecular weight is 215 g/mol. The van der Waals surface area contributed by atoms with Crippen molar-refractivity contribution in [2.75, 3.05) is 6.54 Å². The van der Waals surface area contributed by atoms with E-state index in [2.05, 4.69) is 34.8 Å². The van der Waals surface area contributed by atoms with Gasteiger partial charge >= 0.3 is 0 Å². The first kappa shape index (κ1) is 10.9. The molecule has 1 aromatic heterocycles. The van der Waals surface area contributed by atoms with Crippen molar-refractivity contribution < 1.29 is 0 Å². The third kappa shape index (κ3) is 1.99. The molecule has 0 saturated heterocycles. The normalized spacial score (nSPS) is 10.7. The molecule has 0 unspecified atom stereocenters. The molecule has 84 valence electrons. The van der Waals surface area contributed by atoms with Crippen LogP contribution in [0.4, 0.5) is 0 Å². The molecule has 0 aliphatic carbocycles. The predicted octanol–water partition coefficient (Wildman–Crippen LogP) is 1.99. The topological polar surface area (TPSA) is 43.8 Å². The van der Waals surface area contributed by atoms with Gasteiger partial charge in [0.15, 0.2) is 0 Å². The highest BCUT2D eigenvalue weighted by Crippen LogP contribution is 2.16. The molecule has 3 nitrogen and oxygen atoms in total. The summed E-state index contributed by atoms with van der Waals surface area (Å²) in [6.45, 7) is 4.77. The van der Waals surface area contributed by atoms with Crippen molar-refractivity contribution >= 4 is 0 Å². The summed E-state index contributed by atoms with van der Waals surface area (Å²) in [6, 6.07) is 8.31. The molecule has 2 rings (SSSR count). The van der Waals surface area contributed by atoms with Crippen LogP contribution in [0, 0.1) is 13.8 Å². The minimum Gasteiger partial charge on any atom is -0.330 e. The zero-order chi connectivity index (χ0) is 11.5. The Bertz CT molecular complexity index is 486. The number of nitrogens with zero attached hydrogens (tertiary/aromatic N) is 2. The predicted molar refractivity (Wildman–Crippen MR) is 65.8 cm³/mol. The van der Waals surface area contributed by atoms with Gasteiger partial charge in [-0.3, -0.25) is 0 Å². The second-order valence-electron chi connectivity index (χ2n) is 3.97. The second-order valence-corrected chi connectivity index (χ2v) is 3.97. The lowest BCUT2D eigenvalue weighted by atomic mass is 10.2. The monoisotopic (exact) mass is 215 g/mol.